The SMILES string of the molecule is CS(=O)(=O)N1CCN(c2ccc(C3CC3)nn2)CC1. The molecule has 104 valence electrons. The molecule has 6 nitrogen and oxygen atoms in total. The molecular formula is C12H18N4O2S. The highest BCUT2D eigenvalue weighted by Crippen LogP contribution is 2.38. The van der Waals surface area contributed by atoms with Crippen molar-refractivity contribution in [2.75, 3.05) is 37.3 Å². The number of hydrogen-bond acceptors (Lipinski definition) is 5. The molecule has 1 aromatic heterocycles. The first kappa shape index (κ1) is 12.8. The summed E-state index contributed by atoms with van der Waals surface area (Å²) in [5, 5.41) is 8.52. The Bertz CT molecular complexity index is 546. The van der Waals surface area contributed by atoms with Crippen molar-refractivity contribution in [3.63, 3.8) is 0 Å². The fraction of sp³-hybridized carbons (Fsp3) is 0.667. The van der Waals surface area contributed by atoms with Gasteiger partial charge in [0, 0.05) is 32.1 Å². The molecule has 3 rings (SSSR count). The van der Waals surface area contributed by atoms with Gasteiger partial charge in [-0.3, -0.25) is 0 Å². The van der Waals surface area contributed by atoms with Crippen molar-refractivity contribution in [2.45, 2.75) is 18.8 Å². The highest BCUT2D eigenvalue weighted by atomic mass is 32.2. The van der Waals surface area contributed by atoms with Crippen molar-refractivity contribution in [1.29, 1.82) is 0 Å². The van der Waals surface area contributed by atoms with Crippen molar-refractivity contribution in [3.05, 3.63) is 17.8 Å². The van der Waals surface area contributed by atoms with Crippen molar-refractivity contribution in [1.82, 2.24) is 14.5 Å². The molecule has 0 N–H and O–H groups in total. The molecule has 1 aromatic rings. The molecule has 0 aromatic carbocycles. The highest BCUT2D eigenvalue weighted by molar-refractivity contribution is 7.88. The Morgan fingerprint density at radius 3 is 2.26 bits per heavy atom. The van der Waals surface area contributed by atoms with E-state index >= 15 is 0 Å². The Labute approximate surface area is 113 Å². The normalized spacial score (nSPS) is 21.6. The largest absolute Gasteiger partial charge is 0.352 e. The smallest absolute Gasteiger partial charge is 0.211 e. The molecule has 1 aliphatic carbocycles. The van der Waals surface area contributed by atoms with Gasteiger partial charge >= 0.3 is 0 Å². The van der Waals surface area contributed by atoms with Crippen LogP contribution in [0.25, 0.3) is 0 Å². The van der Waals surface area contributed by atoms with Gasteiger partial charge in [-0.05, 0) is 25.0 Å². The maximum absolute atomic E-state index is 11.4. The van der Waals surface area contributed by atoms with E-state index in [1.165, 1.54) is 23.4 Å². The third-order valence-corrected chi connectivity index (χ3v) is 5.00. The quantitative estimate of drug-likeness (QED) is 0.804. The molecule has 1 saturated carbocycles. The van der Waals surface area contributed by atoms with Crippen LogP contribution in [0.4, 0.5) is 5.82 Å². The number of anilines is 1. The van der Waals surface area contributed by atoms with Gasteiger partial charge in [-0.25, -0.2) is 8.42 Å². The van der Waals surface area contributed by atoms with Gasteiger partial charge in [-0.2, -0.15) is 9.40 Å². The summed E-state index contributed by atoms with van der Waals surface area (Å²) in [6.45, 7) is 2.38. The van der Waals surface area contributed by atoms with Gasteiger partial charge in [-0.1, -0.05) is 0 Å². The molecule has 2 heterocycles. The van der Waals surface area contributed by atoms with E-state index in [0.29, 0.717) is 32.1 Å². The predicted octanol–water partition coefficient (Wildman–Crippen LogP) is 0.436. The van der Waals surface area contributed by atoms with Gasteiger partial charge in [0.15, 0.2) is 5.82 Å². The third kappa shape index (κ3) is 2.87. The summed E-state index contributed by atoms with van der Waals surface area (Å²) in [6.07, 6.45) is 3.70. The molecule has 0 radical (unpaired) electrons. The minimum atomic E-state index is -3.07. The summed E-state index contributed by atoms with van der Waals surface area (Å²) in [4.78, 5) is 2.09. The fourth-order valence-electron chi connectivity index (χ4n) is 2.35. The summed E-state index contributed by atoms with van der Waals surface area (Å²) in [7, 11) is -3.07. The minimum Gasteiger partial charge on any atom is -0.352 e. The molecule has 1 aliphatic heterocycles. The number of sulfonamides is 1. The van der Waals surface area contributed by atoms with Crippen molar-refractivity contribution in [2.24, 2.45) is 0 Å². The molecule has 0 spiro atoms. The maximum Gasteiger partial charge on any atom is 0.211 e. The van der Waals surface area contributed by atoms with Crippen LogP contribution in [0.2, 0.25) is 0 Å². The summed E-state index contributed by atoms with van der Waals surface area (Å²) < 4.78 is 24.4. The maximum atomic E-state index is 11.4. The van der Waals surface area contributed by atoms with Crippen LogP contribution in [0.5, 0.6) is 0 Å². The standard InChI is InChI=1S/C12H18N4O2S/c1-19(17,18)16-8-6-15(7-9-16)12-5-4-11(13-14-12)10-2-3-10/h4-5,10H,2-3,6-9H2,1H3. The van der Waals surface area contributed by atoms with E-state index in [4.69, 9.17) is 0 Å². The molecule has 0 amide bonds. The summed E-state index contributed by atoms with van der Waals surface area (Å²) >= 11 is 0. The van der Waals surface area contributed by atoms with Gasteiger partial charge in [0.1, 0.15) is 0 Å². The van der Waals surface area contributed by atoms with E-state index < -0.39 is 10.0 Å². The zero-order valence-corrected chi connectivity index (χ0v) is 11.8. The van der Waals surface area contributed by atoms with Crippen LogP contribution in [-0.4, -0.2) is 55.4 Å². The number of rotatable bonds is 3. The zero-order chi connectivity index (χ0) is 13.5. The van der Waals surface area contributed by atoms with E-state index in [-0.39, 0.29) is 0 Å². The van der Waals surface area contributed by atoms with Crippen molar-refractivity contribution < 1.29 is 8.42 Å². The third-order valence-electron chi connectivity index (χ3n) is 3.70. The first-order chi connectivity index (χ1) is 9.04. The second kappa shape index (κ2) is 4.72. The molecule has 0 atom stereocenters. The molecule has 2 aliphatic rings. The van der Waals surface area contributed by atoms with E-state index in [1.807, 2.05) is 12.1 Å². The molecule has 7 heteroatoms. The Kier molecular flexibility index (Phi) is 3.18. The number of aromatic nitrogens is 2. The Balaban J connectivity index is 1.64. The summed E-state index contributed by atoms with van der Waals surface area (Å²) in [5.74, 6) is 1.46. The lowest BCUT2D eigenvalue weighted by atomic mass is 10.2. The van der Waals surface area contributed by atoms with E-state index in [2.05, 4.69) is 15.1 Å². The monoisotopic (exact) mass is 282 g/mol. The number of hydrogen-bond donors (Lipinski definition) is 0. The first-order valence-corrected chi connectivity index (χ1v) is 8.42. The Hall–Kier alpha value is -1.21. The van der Waals surface area contributed by atoms with Crippen LogP contribution in [0.15, 0.2) is 12.1 Å². The van der Waals surface area contributed by atoms with Crippen LogP contribution < -0.4 is 4.90 Å². The van der Waals surface area contributed by atoms with Crippen LogP contribution in [-0.2, 0) is 10.0 Å². The van der Waals surface area contributed by atoms with Crippen LogP contribution in [0.3, 0.4) is 0 Å². The van der Waals surface area contributed by atoms with Crippen molar-refractivity contribution in [3.8, 4) is 0 Å². The molecule has 2 fully saturated rings. The summed E-state index contributed by atoms with van der Waals surface area (Å²) in [6, 6.07) is 4.04. The van der Waals surface area contributed by atoms with Gasteiger partial charge in [0.25, 0.3) is 0 Å². The number of nitrogens with zero attached hydrogens (tertiary/aromatic N) is 4. The number of piperazine rings is 1. The molecule has 1 saturated heterocycles. The van der Waals surface area contributed by atoms with Gasteiger partial charge in [-0.15, -0.1) is 5.10 Å². The minimum absolute atomic E-state index is 0.519. The predicted molar refractivity (Wildman–Crippen MR) is 72.6 cm³/mol. The van der Waals surface area contributed by atoms with Crippen molar-refractivity contribution >= 4 is 15.8 Å². The van der Waals surface area contributed by atoms with E-state index in [9.17, 15) is 8.42 Å². The van der Waals surface area contributed by atoms with E-state index in [0.717, 1.165) is 11.5 Å². The molecule has 19 heavy (non-hydrogen) atoms. The second-order valence-corrected chi connectivity index (χ2v) is 7.22. The van der Waals surface area contributed by atoms with Gasteiger partial charge < -0.3 is 4.90 Å². The fourth-order valence-corrected chi connectivity index (χ4v) is 3.18. The van der Waals surface area contributed by atoms with Gasteiger partial charge in [0.2, 0.25) is 10.0 Å². The average molecular weight is 282 g/mol. The van der Waals surface area contributed by atoms with Crippen LogP contribution >= 0.6 is 0 Å². The van der Waals surface area contributed by atoms with E-state index in [1.54, 1.807) is 0 Å². The van der Waals surface area contributed by atoms with Crippen LogP contribution in [0, 0.1) is 0 Å². The summed E-state index contributed by atoms with van der Waals surface area (Å²) in [5.41, 5.74) is 1.08. The topological polar surface area (TPSA) is 66.4 Å². The average Bonchev–Trinajstić information content (AvgIpc) is 3.22. The van der Waals surface area contributed by atoms with Gasteiger partial charge in [0.05, 0.1) is 11.9 Å². The zero-order valence-electron chi connectivity index (χ0n) is 11.0. The first-order valence-electron chi connectivity index (χ1n) is 6.58. The second-order valence-electron chi connectivity index (χ2n) is 5.24. The Morgan fingerprint density at radius 2 is 1.79 bits per heavy atom. The molecule has 0 bridgehead atoms. The lowest BCUT2D eigenvalue weighted by Gasteiger charge is -2.33. The lowest BCUT2D eigenvalue weighted by Crippen LogP contribution is -2.48. The molecular weight excluding hydrogens is 264 g/mol. The highest BCUT2D eigenvalue weighted by Gasteiger charge is 2.27. The molecule has 0 unspecified atom stereocenters. The Morgan fingerprint density at radius 1 is 1.11 bits per heavy atom. The van der Waals surface area contributed by atoms with Crippen LogP contribution in [0.1, 0.15) is 24.5 Å². The lowest BCUT2D eigenvalue weighted by molar-refractivity contribution is 0.386.